The molecule has 1 unspecified atom stereocenters. The molecule has 0 bridgehead atoms. The SMILES string of the molecule is C=C(C)C(=O)OC(CC)C(=O)OC(=O)c1cccnc1. The lowest BCUT2D eigenvalue weighted by Gasteiger charge is -2.14. The van der Waals surface area contributed by atoms with Crippen molar-refractivity contribution in [2.75, 3.05) is 0 Å². The topological polar surface area (TPSA) is 82.6 Å². The minimum absolute atomic E-state index is 0.141. The molecule has 1 aromatic heterocycles. The molecule has 0 fully saturated rings. The molecule has 0 radical (unpaired) electrons. The van der Waals surface area contributed by atoms with E-state index in [1.807, 2.05) is 0 Å². The third-order valence-corrected chi connectivity index (χ3v) is 2.32. The Morgan fingerprint density at radius 2 is 2.10 bits per heavy atom. The van der Waals surface area contributed by atoms with Crippen LogP contribution in [0, 0.1) is 0 Å². The highest BCUT2D eigenvalue weighted by molar-refractivity contribution is 5.98. The molecule has 0 aromatic carbocycles. The zero-order valence-electron chi connectivity index (χ0n) is 11.3. The van der Waals surface area contributed by atoms with Gasteiger partial charge in [-0.15, -0.1) is 0 Å². The molecule has 6 nitrogen and oxygen atoms in total. The number of nitrogens with zero attached hydrogens (tertiary/aromatic N) is 1. The molecule has 0 spiro atoms. The molecule has 6 heteroatoms. The standard InChI is InChI=1S/C14H15NO5/c1-4-11(19-12(16)9(2)3)14(18)20-13(17)10-6-5-7-15-8-10/h5-8,11H,2,4H2,1,3H3. The number of pyridine rings is 1. The molecule has 1 atom stereocenters. The minimum atomic E-state index is -1.14. The lowest BCUT2D eigenvalue weighted by atomic mass is 10.2. The highest BCUT2D eigenvalue weighted by Gasteiger charge is 2.25. The normalized spacial score (nSPS) is 11.3. The number of carbonyl (C=O) groups excluding carboxylic acids is 3. The predicted molar refractivity (Wildman–Crippen MR) is 69.6 cm³/mol. The molecule has 1 heterocycles. The van der Waals surface area contributed by atoms with Crippen molar-refractivity contribution in [3.8, 4) is 0 Å². The van der Waals surface area contributed by atoms with E-state index >= 15 is 0 Å². The quantitative estimate of drug-likeness (QED) is 0.462. The van der Waals surface area contributed by atoms with Crippen molar-refractivity contribution in [1.29, 1.82) is 0 Å². The molecule has 0 saturated heterocycles. The highest BCUT2D eigenvalue weighted by Crippen LogP contribution is 2.07. The highest BCUT2D eigenvalue weighted by atomic mass is 16.6. The third-order valence-electron chi connectivity index (χ3n) is 2.32. The minimum Gasteiger partial charge on any atom is -0.447 e. The average Bonchev–Trinajstić information content (AvgIpc) is 2.44. The number of ether oxygens (including phenoxy) is 2. The summed E-state index contributed by atoms with van der Waals surface area (Å²) in [7, 11) is 0. The van der Waals surface area contributed by atoms with Gasteiger partial charge < -0.3 is 9.47 Å². The molecular weight excluding hydrogens is 262 g/mol. The third kappa shape index (κ3) is 4.31. The predicted octanol–water partition coefficient (Wildman–Crippen LogP) is 1.66. The van der Waals surface area contributed by atoms with Gasteiger partial charge in [0.2, 0.25) is 0 Å². The molecule has 106 valence electrons. The second-order valence-corrected chi connectivity index (χ2v) is 4.03. The summed E-state index contributed by atoms with van der Waals surface area (Å²) in [4.78, 5) is 38.5. The van der Waals surface area contributed by atoms with Crippen molar-refractivity contribution in [2.45, 2.75) is 26.4 Å². The van der Waals surface area contributed by atoms with Gasteiger partial charge in [0, 0.05) is 18.0 Å². The molecular formula is C14H15NO5. The molecule has 0 saturated carbocycles. The Morgan fingerprint density at radius 1 is 1.40 bits per heavy atom. The summed E-state index contributed by atoms with van der Waals surface area (Å²) in [6.45, 7) is 6.50. The Hall–Kier alpha value is -2.50. The Labute approximate surface area is 116 Å². The van der Waals surface area contributed by atoms with E-state index in [0.29, 0.717) is 0 Å². The van der Waals surface area contributed by atoms with E-state index in [1.165, 1.54) is 25.4 Å². The van der Waals surface area contributed by atoms with Crippen molar-refractivity contribution in [2.24, 2.45) is 0 Å². The van der Waals surface area contributed by atoms with Gasteiger partial charge in [-0.2, -0.15) is 0 Å². The molecule has 0 amide bonds. The van der Waals surface area contributed by atoms with E-state index in [4.69, 9.17) is 4.74 Å². The summed E-state index contributed by atoms with van der Waals surface area (Å²) >= 11 is 0. The van der Waals surface area contributed by atoms with Gasteiger partial charge in [-0.05, 0) is 25.5 Å². The van der Waals surface area contributed by atoms with Gasteiger partial charge in [0.15, 0.2) is 6.10 Å². The maximum atomic E-state index is 11.7. The Balaban J connectivity index is 2.66. The number of aromatic nitrogens is 1. The second-order valence-electron chi connectivity index (χ2n) is 4.03. The fraction of sp³-hybridized carbons (Fsp3) is 0.286. The maximum Gasteiger partial charge on any atom is 0.355 e. The van der Waals surface area contributed by atoms with Gasteiger partial charge >= 0.3 is 17.9 Å². The van der Waals surface area contributed by atoms with Crippen LogP contribution in [-0.2, 0) is 19.1 Å². The van der Waals surface area contributed by atoms with Gasteiger partial charge in [0.1, 0.15) is 0 Å². The monoisotopic (exact) mass is 277 g/mol. The first kappa shape index (κ1) is 15.6. The van der Waals surface area contributed by atoms with Crippen LogP contribution >= 0.6 is 0 Å². The number of hydrogen-bond acceptors (Lipinski definition) is 6. The number of carbonyl (C=O) groups is 3. The first-order valence-electron chi connectivity index (χ1n) is 5.98. The number of rotatable bonds is 5. The molecule has 20 heavy (non-hydrogen) atoms. The van der Waals surface area contributed by atoms with Crippen molar-refractivity contribution in [1.82, 2.24) is 4.98 Å². The maximum absolute atomic E-state index is 11.7. The molecule has 0 aliphatic heterocycles. The summed E-state index contributed by atoms with van der Waals surface area (Å²) < 4.78 is 9.52. The largest absolute Gasteiger partial charge is 0.447 e. The lowest BCUT2D eigenvalue weighted by Crippen LogP contribution is -2.30. The van der Waals surface area contributed by atoms with Crippen molar-refractivity contribution < 1.29 is 23.9 Å². The van der Waals surface area contributed by atoms with Crippen molar-refractivity contribution >= 4 is 17.9 Å². The van der Waals surface area contributed by atoms with E-state index in [0.717, 1.165) is 0 Å². The average molecular weight is 277 g/mol. The molecule has 0 aliphatic rings. The summed E-state index contributed by atoms with van der Waals surface area (Å²) in [6, 6.07) is 3.00. The van der Waals surface area contributed by atoms with Gasteiger partial charge in [-0.3, -0.25) is 4.98 Å². The zero-order chi connectivity index (χ0) is 15.1. The van der Waals surface area contributed by atoms with Crippen LogP contribution in [-0.4, -0.2) is 29.0 Å². The van der Waals surface area contributed by atoms with E-state index in [2.05, 4.69) is 16.3 Å². The summed E-state index contributed by atoms with van der Waals surface area (Å²) in [5, 5.41) is 0. The zero-order valence-corrected chi connectivity index (χ0v) is 11.3. The van der Waals surface area contributed by atoms with E-state index in [9.17, 15) is 14.4 Å². The van der Waals surface area contributed by atoms with Crippen LogP contribution in [0.3, 0.4) is 0 Å². The summed E-state index contributed by atoms with van der Waals surface area (Å²) in [5.41, 5.74) is 0.303. The Kier molecular flexibility index (Phi) is 5.58. The first-order valence-corrected chi connectivity index (χ1v) is 5.98. The van der Waals surface area contributed by atoms with Gasteiger partial charge in [-0.1, -0.05) is 13.5 Å². The molecule has 1 rings (SSSR count). The van der Waals surface area contributed by atoms with Gasteiger partial charge in [0.25, 0.3) is 0 Å². The van der Waals surface area contributed by atoms with Crippen molar-refractivity contribution in [3.63, 3.8) is 0 Å². The Bertz CT molecular complexity index is 524. The first-order chi connectivity index (χ1) is 9.45. The van der Waals surface area contributed by atoms with Crippen LogP contribution < -0.4 is 0 Å². The van der Waals surface area contributed by atoms with E-state index < -0.39 is 24.0 Å². The van der Waals surface area contributed by atoms with Crippen LogP contribution in [0.15, 0.2) is 36.7 Å². The molecule has 0 N–H and O–H groups in total. The Morgan fingerprint density at radius 3 is 2.60 bits per heavy atom. The summed E-state index contributed by atoms with van der Waals surface area (Å²) in [5.74, 6) is -2.47. The summed E-state index contributed by atoms with van der Waals surface area (Å²) in [6.07, 6.45) is 1.82. The number of esters is 3. The van der Waals surface area contributed by atoms with Crippen LogP contribution in [0.4, 0.5) is 0 Å². The second kappa shape index (κ2) is 7.18. The van der Waals surface area contributed by atoms with E-state index in [1.54, 1.807) is 13.0 Å². The fourth-order valence-corrected chi connectivity index (χ4v) is 1.23. The van der Waals surface area contributed by atoms with Crippen LogP contribution in [0.1, 0.15) is 30.6 Å². The molecule has 0 aliphatic carbocycles. The number of hydrogen-bond donors (Lipinski definition) is 0. The van der Waals surface area contributed by atoms with E-state index in [-0.39, 0.29) is 17.6 Å². The lowest BCUT2D eigenvalue weighted by molar-refractivity contribution is -0.161. The van der Waals surface area contributed by atoms with Crippen LogP contribution in [0.25, 0.3) is 0 Å². The van der Waals surface area contributed by atoms with Crippen LogP contribution in [0.2, 0.25) is 0 Å². The van der Waals surface area contributed by atoms with Crippen molar-refractivity contribution in [3.05, 3.63) is 42.2 Å². The van der Waals surface area contributed by atoms with Gasteiger partial charge in [-0.25, -0.2) is 14.4 Å². The smallest absolute Gasteiger partial charge is 0.355 e. The fourth-order valence-electron chi connectivity index (χ4n) is 1.23. The molecule has 1 aromatic rings. The van der Waals surface area contributed by atoms with Gasteiger partial charge in [0.05, 0.1) is 5.56 Å². The van der Waals surface area contributed by atoms with Crippen LogP contribution in [0.5, 0.6) is 0 Å².